The summed E-state index contributed by atoms with van der Waals surface area (Å²) in [6, 6.07) is 22.3. The maximum atomic E-state index is 13.7. The van der Waals surface area contributed by atoms with Crippen LogP contribution in [0.2, 0.25) is 0 Å². The van der Waals surface area contributed by atoms with Crippen LogP contribution in [0.15, 0.2) is 93.0 Å². The number of benzene rings is 3. The maximum Gasteiger partial charge on any atom is 0.345 e. The van der Waals surface area contributed by atoms with Gasteiger partial charge in [-0.15, -0.1) is 0 Å². The molecule has 0 N–H and O–H groups in total. The molecule has 0 saturated carbocycles. The fraction of sp³-hybridized carbons (Fsp3) is 0.125. The van der Waals surface area contributed by atoms with Crippen LogP contribution in [0.1, 0.15) is 11.1 Å². The van der Waals surface area contributed by atoms with E-state index < -0.39 is 15.6 Å². The van der Waals surface area contributed by atoms with Crippen LogP contribution in [0.5, 0.6) is 5.75 Å². The van der Waals surface area contributed by atoms with Crippen molar-refractivity contribution in [1.29, 1.82) is 0 Å². The molecule has 0 aliphatic rings. The summed E-state index contributed by atoms with van der Waals surface area (Å²) in [5.74, 6) is 0.547. The molecule has 1 heterocycles. The zero-order valence-corrected chi connectivity index (χ0v) is 17.9. The molecular formula is C24H21NO5S. The lowest BCUT2D eigenvalue weighted by Crippen LogP contribution is -2.32. The number of fused-ring (bicyclic) bond motifs is 1. The molecule has 0 atom stereocenters. The Labute approximate surface area is 180 Å². The molecule has 3 aromatic carbocycles. The number of ether oxygens (including phenoxy) is 1. The number of sulfonamides is 1. The first kappa shape index (κ1) is 20.7. The molecule has 0 amide bonds. The molecule has 1 aromatic heterocycles. The monoisotopic (exact) mass is 435 g/mol. The van der Waals surface area contributed by atoms with Gasteiger partial charge in [-0.2, -0.15) is 0 Å². The Hall–Kier alpha value is -3.58. The summed E-state index contributed by atoms with van der Waals surface area (Å²) >= 11 is 0. The van der Waals surface area contributed by atoms with Gasteiger partial charge in [0.2, 0.25) is 5.88 Å². The average Bonchev–Trinajstić information content (AvgIpc) is 2.80. The minimum atomic E-state index is -4.04. The highest BCUT2D eigenvalue weighted by atomic mass is 32.2. The van der Waals surface area contributed by atoms with Gasteiger partial charge >= 0.3 is 5.63 Å². The third-order valence-corrected chi connectivity index (χ3v) is 6.85. The third-order valence-electron chi connectivity index (χ3n) is 5.10. The summed E-state index contributed by atoms with van der Waals surface area (Å²) < 4.78 is 39.2. The molecule has 4 aromatic rings. The molecule has 0 aliphatic heterocycles. The molecule has 158 valence electrons. The molecule has 0 unspecified atom stereocenters. The lowest BCUT2D eigenvalue weighted by Gasteiger charge is -2.25. The summed E-state index contributed by atoms with van der Waals surface area (Å²) in [6.45, 7) is 1.76. The van der Waals surface area contributed by atoms with Gasteiger partial charge in [0.05, 0.1) is 23.9 Å². The van der Waals surface area contributed by atoms with Gasteiger partial charge in [0.15, 0.2) is 0 Å². The van der Waals surface area contributed by atoms with Crippen molar-refractivity contribution in [3.63, 3.8) is 0 Å². The van der Waals surface area contributed by atoms with Crippen molar-refractivity contribution >= 4 is 26.7 Å². The van der Waals surface area contributed by atoms with Gasteiger partial charge in [-0.1, -0.05) is 48.5 Å². The molecule has 7 heteroatoms. The third kappa shape index (κ3) is 3.92. The predicted octanol–water partition coefficient (Wildman–Crippen LogP) is 4.51. The number of nitrogens with zero attached hydrogens (tertiary/aromatic N) is 1. The average molecular weight is 436 g/mol. The molecular weight excluding hydrogens is 414 g/mol. The first-order valence-corrected chi connectivity index (χ1v) is 11.1. The highest BCUT2D eigenvalue weighted by Crippen LogP contribution is 2.32. The Morgan fingerprint density at radius 1 is 0.871 bits per heavy atom. The summed E-state index contributed by atoms with van der Waals surface area (Å²) in [4.78, 5) is 12.7. The smallest absolute Gasteiger partial charge is 0.345 e. The molecule has 0 radical (unpaired) electrons. The lowest BCUT2D eigenvalue weighted by atomic mass is 10.1. The largest absolute Gasteiger partial charge is 0.497 e. The predicted molar refractivity (Wildman–Crippen MR) is 120 cm³/mol. The van der Waals surface area contributed by atoms with Gasteiger partial charge in [0.25, 0.3) is 10.0 Å². The summed E-state index contributed by atoms with van der Waals surface area (Å²) in [5.41, 5.74) is 0.747. The van der Waals surface area contributed by atoms with Crippen LogP contribution in [-0.4, -0.2) is 15.5 Å². The lowest BCUT2D eigenvalue weighted by molar-refractivity contribution is 0.414. The van der Waals surface area contributed by atoms with Crippen LogP contribution in [0.3, 0.4) is 0 Å². The van der Waals surface area contributed by atoms with Crippen molar-refractivity contribution in [2.45, 2.75) is 18.4 Å². The van der Waals surface area contributed by atoms with Crippen molar-refractivity contribution in [2.75, 3.05) is 11.4 Å². The number of aryl methyl sites for hydroxylation is 1. The zero-order chi connectivity index (χ0) is 22.0. The van der Waals surface area contributed by atoms with Crippen LogP contribution >= 0.6 is 0 Å². The molecule has 4 rings (SSSR count). The molecule has 0 spiro atoms. The van der Waals surface area contributed by atoms with Crippen LogP contribution in [0.25, 0.3) is 10.8 Å². The molecule has 0 bridgehead atoms. The summed E-state index contributed by atoms with van der Waals surface area (Å²) in [5, 5.41) is 1.06. The second kappa shape index (κ2) is 8.28. The number of rotatable bonds is 6. The van der Waals surface area contributed by atoms with E-state index in [4.69, 9.17) is 9.15 Å². The standard InChI is InChI=1S/C24H21NO5S/c1-17-21-10-6-7-11-22(21)24(26)30-23(17)25(16-18-8-4-3-5-9-18)31(27,28)20-14-12-19(29-2)13-15-20/h3-15H,16H2,1-2H3. The highest BCUT2D eigenvalue weighted by Gasteiger charge is 2.29. The summed E-state index contributed by atoms with van der Waals surface area (Å²) in [7, 11) is -2.53. The van der Waals surface area contributed by atoms with E-state index in [9.17, 15) is 13.2 Å². The Morgan fingerprint density at radius 2 is 1.48 bits per heavy atom. The van der Waals surface area contributed by atoms with Crippen LogP contribution in [0, 0.1) is 6.92 Å². The van der Waals surface area contributed by atoms with E-state index in [-0.39, 0.29) is 17.3 Å². The quantitative estimate of drug-likeness (QED) is 0.446. The van der Waals surface area contributed by atoms with Crippen molar-refractivity contribution in [3.05, 3.63) is 100 Å². The van der Waals surface area contributed by atoms with Gasteiger partial charge in [0.1, 0.15) is 5.75 Å². The Bertz CT molecular complexity index is 1380. The molecule has 0 aliphatic carbocycles. The van der Waals surface area contributed by atoms with Crippen LogP contribution in [-0.2, 0) is 16.6 Å². The summed E-state index contributed by atoms with van der Waals surface area (Å²) in [6.07, 6.45) is 0. The molecule has 6 nitrogen and oxygen atoms in total. The molecule has 0 saturated heterocycles. The van der Waals surface area contributed by atoms with Crippen molar-refractivity contribution in [3.8, 4) is 5.75 Å². The number of hydrogen-bond donors (Lipinski definition) is 0. The minimum Gasteiger partial charge on any atom is -0.497 e. The van der Waals surface area contributed by atoms with E-state index in [0.717, 1.165) is 9.87 Å². The van der Waals surface area contributed by atoms with Gasteiger partial charge in [-0.3, -0.25) is 0 Å². The Kier molecular flexibility index (Phi) is 5.52. The SMILES string of the molecule is COc1ccc(S(=O)(=O)N(Cc2ccccc2)c2oc(=O)c3ccccc3c2C)cc1. The van der Waals surface area contributed by atoms with Crippen LogP contribution in [0.4, 0.5) is 5.88 Å². The first-order valence-electron chi connectivity index (χ1n) is 9.65. The maximum absolute atomic E-state index is 13.7. The first-order chi connectivity index (χ1) is 14.9. The topological polar surface area (TPSA) is 76.8 Å². The number of methoxy groups -OCH3 is 1. The van der Waals surface area contributed by atoms with Gasteiger partial charge < -0.3 is 9.15 Å². The van der Waals surface area contributed by atoms with Gasteiger partial charge in [-0.25, -0.2) is 17.5 Å². The van der Waals surface area contributed by atoms with E-state index in [0.29, 0.717) is 22.1 Å². The van der Waals surface area contributed by atoms with E-state index in [1.165, 1.54) is 19.2 Å². The minimum absolute atomic E-state index is 0.00312. The van der Waals surface area contributed by atoms with E-state index in [1.54, 1.807) is 43.3 Å². The van der Waals surface area contributed by atoms with E-state index in [1.807, 2.05) is 30.3 Å². The fourth-order valence-corrected chi connectivity index (χ4v) is 4.90. The highest BCUT2D eigenvalue weighted by molar-refractivity contribution is 7.92. The van der Waals surface area contributed by atoms with E-state index >= 15 is 0 Å². The number of hydrogen-bond acceptors (Lipinski definition) is 5. The normalized spacial score (nSPS) is 11.4. The fourth-order valence-electron chi connectivity index (χ4n) is 3.45. The number of anilines is 1. The Balaban J connectivity index is 1.92. The van der Waals surface area contributed by atoms with Crippen molar-refractivity contribution in [2.24, 2.45) is 0 Å². The van der Waals surface area contributed by atoms with Crippen LogP contribution < -0.4 is 14.7 Å². The molecule has 31 heavy (non-hydrogen) atoms. The van der Waals surface area contributed by atoms with Crippen molar-refractivity contribution < 1.29 is 17.6 Å². The van der Waals surface area contributed by atoms with Crippen molar-refractivity contribution in [1.82, 2.24) is 0 Å². The molecule has 0 fully saturated rings. The van der Waals surface area contributed by atoms with Gasteiger partial charge in [0, 0.05) is 5.56 Å². The Morgan fingerprint density at radius 3 is 2.13 bits per heavy atom. The second-order valence-corrected chi connectivity index (χ2v) is 8.90. The van der Waals surface area contributed by atoms with E-state index in [2.05, 4.69) is 0 Å². The van der Waals surface area contributed by atoms with Gasteiger partial charge in [-0.05, 0) is 48.2 Å². The second-order valence-electron chi connectivity index (χ2n) is 7.04. The zero-order valence-electron chi connectivity index (χ0n) is 17.1.